The number of carbonyl (C=O) groups is 2. The minimum Gasteiger partial charge on any atom is -0.444 e. The molecule has 1 rings (SSSR count). The van der Waals surface area contributed by atoms with Crippen LogP contribution in [0.2, 0.25) is 0 Å². The molecule has 29 heavy (non-hydrogen) atoms. The molecule has 0 heterocycles. The van der Waals surface area contributed by atoms with Gasteiger partial charge in [0.05, 0.1) is 0 Å². The first-order valence-electron chi connectivity index (χ1n) is 9.61. The molecule has 1 aromatic rings. The van der Waals surface area contributed by atoms with E-state index in [1.165, 1.54) is 0 Å². The zero-order valence-electron chi connectivity index (χ0n) is 17.9. The molecule has 0 aliphatic rings. The third kappa shape index (κ3) is 12.9. The van der Waals surface area contributed by atoms with E-state index in [0.717, 1.165) is 17.7 Å². The molecule has 8 nitrogen and oxygen atoms in total. The Morgan fingerprint density at radius 1 is 1.07 bits per heavy atom. The van der Waals surface area contributed by atoms with Crippen LogP contribution >= 0.6 is 24.0 Å². The summed E-state index contributed by atoms with van der Waals surface area (Å²) >= 11 is 0. The molecule has 0 unspecified atom stereocenters. The third-order valence-corrected chi connectivity index (χ3v) is 3.43. The van der Waals surface area contributed by atoms with E-state index in [1.54, 1.807) is 0 Å². The Labute approximate surface area is 190 Å². The van der Waals surface area contributed by atoms with Crippen molar-refractivity contribution in [2.24, 2.45) is 4.99 Å². The van der Waals surface area contributed by atoms with Crippen molar-refractivity contribution in [1.82, 2.24) is 16.0 Å². The van der Waals surface area contributed by atoms with E-state index in [4.69, 9.17) is 4.74 Å². The summed E-state index contributed by atoms with van der Waals surface area (Å²) in [6.45, 7) is 10.9. The zero-order chi connectivity index (χ0) is 21.0. The molecule has 4 N–H and O–H groups in total. The quantitative estimate of drug-likeness (QED) is 0.183. The van der Waals surface area contributed by atoms with Gasteiger partial charge in [0, 0.05) is 25.3 Å². The molecule has 0 aromatic heterocycles. The number of hydrogen-bond acceptors (Lipinski definition) is 4. The van der Waals surface area contributed by atoms with Gasteiger partial charge in [-0.25, -0.2) is 9.79 Å². The SMILES string of the molecule is CCNC(=NCC(=O)Nc1cccc(CC)c1)NCCNC(=O)OC(C)(C)C.I. The first-order chi connectivity index (χ1) is 13.2. The van der Waals surface area contributed by atoms with E-state index in [1.807, 2.05) is 52.0 Å². The van der Waals surface area contributed by atoms with E-state index in [-0.39, 0.29) is 36.4 Å². The van der Waals surface area contributed by atoms with E-state index >= 15 is 0 Å². The van der Waals surface area contributed by atoms with Crippen LogP contribution in [0.5, 0.6) is 0 Å². The van der Waals surface area contributed by atoms with Crippen LogP contribution in [0.1, 0.15) is 40.2 Å². The minimum absolute atomic E-state index is 0. The highest BCUT2D eigenvalue weighted by Gasteiger charge is 2.15. The number of aliphatic imine (C=N–C) groups is 1. The molecule has 0 atom stereocenters. The maximum Gasteiger partial charge on any atom is 0.407 e. The molecule has 0 bridgehead atoms. The maximum atomic E-state index is 12.1. The maximum absolute atomic E-state index is 12.1. The lowest BCUT2D eigenvalue weighted by Crippen LogP contribution is -2.42. The van der Waals surface area contributed by atoms with E-state index < -0.39 is 11.7 Å². The van der Waals surface area contributed by atoms with Gasteiger partial charge in [-0.2, -0.15) is 0 Å². The minimum atomic E-state index is -0.530. The van der Waals surface area contributed by atoms with E-state index in [0.29, 0.717) is 25.6 Å². The fraction of sp³-hybridized carbons (Fsp3) is 0.550. The number of hydrogen-bond donors (Lipinski definition) is 4. The Morgan fingerprint density at radius 2 is 1.76 bits per heavy atom. The Balaban J connectivity index is 0.00000784. The van der Waals surface area contributed by atoms with Gasteiger partial charge in [-0.1, -0.05) is 19.1 Å². The lowest BCUT2D eigenvalue weighted by atomic mass is 10.1. The molecule has 9 heteroatoms. The van der Waals surface area contributed by atoms with Crippen LogP contribution in [0.15, 0.2) is 29.3 Å². The summed E-state index contributed by atoms with van der Waals surface area (Å²) in [4.78, 5) is 28.0. The van der Waals surface area contributed by atoms with E-state index in [9.17, 15) is 9.59 Å². The van der Waals surface area contributed by atoms with Crippen molar-refractivity contribution in [2.45, 2.75) is 46.6 Å². The second-order valence-electron chi connectivity index (χ2n) is 7.15. The van der Waals surface area contributed by atoms with Crippen molar-refractivity contribution < 1.29 is 14.3 Å². The number of aryl methyl sites for hydroxylation is 1. The summed E-state index contributed by atoms with van der Waals surface area (Å²) in [7, 11) is 0. The summed E-state index contributed by atoms with van der Waals surface area (Å²) in [5.74, 6) is 0.309. The summed E-state index contributed by atoms with van der Waals surface area (Å²) in [6.07, 6.45) is 0.443. The second kappa shape index (κ2) is 14.0. The molecule has 0 aliphatic heterocycles. The molecule has 0 fully saturated rings. The van der Waals surface area contributed by atoms with Crippen molar-refractivity contribution in [1.29, 1.82) is 0 Å². The molecule has 0 radical (unpaired) electrons. The first kappa shape index (κ1) is 27.0. The molecule has 0 spiro atoms. The highest BCUT2D eigenvalue weighted by Crippen LogP contribution is 2.10. The summed E-state index contributed by atoms with van der Waals surface area (Å²) in [5, 5.41) is 11.6. The number of halogens is 1. The fourth-order valence-electron chi connectivity index (χ4n) is 2.22. The third-order valence-electron chi connectivity index (χ3n) is 3.43. The molecule has 0 aliphatic carbocycles. The number of nitrogens with one attached hydrogen (secondary N) is 4. The molecular formula is C20H34IN5O3. The summed E-state index contributed by atoms with van der Waals surface area (Å²) < 4.78 is 5.17. The molecule has 0 saturated heterocycles. The summed E-state index contributed by atoms with van der Waals surface area (Å²) in [6, 6.07) is 7.74. The van der Waals surface area contributed by atoms with Gasteiger partial charge in [0.1, 0.15) is 12.1 Å². The van der Waals surface area contributed by atoms with Crippen LogP contribution in [-0.4, -0.2) is 49.7 Å². The monoisotopic (exact) mass is 519 g/mol. The summed E-state index contributed by atoms with van der Waals surface area (Å²) in [5.41, 5.74) is 1.39. The number of ether oxygens (including phenoxy) is 1. The smallest absolute Gasteiger partial charge is 0.407 e. The normalized spacial score (nSPS) is 11.1. The predicted molar refractivity (Wildman–Crippen MR) is 128 cm³/mol. The van der Waals surface area contributed by atoms with Crippen LogP contribution in [0.3, 0.4) is 0 Å². The molecule has 164 valence electrons. The van der Waals surface area contributed by atoms with Crippen LogP contribution in [0, 0.1) is 0 Å². The Hall–Kier alpha value is -2.04. The van der Waals surface area contributed by atoms with Crippen molar-refractivity contribution in [3.8, 4) is 0 Å². The Morgan fingerprint density at radius 3 is 2.38 bits per heavy atom. The molecule has 0 saturated carbocycles. The number of carbonyl (C=O) groups excluding carboxylic acids is 2. The second-order valence-corrected chi connectivity index (χ2v) is 7.15. The Kier molecular flexibility index (Phi) is 13.0. The lowest BCUT2D eigenvalue weighted by molar-refractivity contribution is -0.114. The predicted octanol–water partition coefficient (Wildman–Crippen LogP) is 2.89. The van der Waals surface area contributed by atoms with Crippen LogP contribution in [0.4, 0.5) is 10.5 Å². The van der Waals surface area contributed by atoms with Crippen LogP contribution in [0.25, 0.3) is 0 Å². The molecule has 2 amide bonds. The zero-order valence-corrected chi connectivity index (χ0v) is 20.3. The number of alkyl carbamates (subject to hydrolysis) is 1. The van der Waals surface area contributed by atoms with Gasteiger partial charge in [-0.05, 0) is 51.8 Å². The highest BCUT2D eigenvalue weighted by molar-refractivity contribution is 14.0. The molecular weight excluding hydrogens is 485 g/mol. The fourth-order valence-corrected chi connectivity index (χ4v) is 2.22. The number of anilines is 1. The highest BCUT2D eigenvalue weighted by atomic mass is 127. The van der Waals surface area contributed by atoms with Gasteiger partial charge in [0.2, 0.25) is 5.91 Å². The van der Waals surface area contributed by atoms with Gasteiger partial charge in [0.25, 0.3) is 0 Å². The largest absolute Gasteiger partial charge is 0.444 e. The average Bonchev–Trinajstić information content (AvgIpc) is 2.61. The van der Waals surface area contributed by atoms with Gasteiger partial charge in [0.15, 0.2) is 5.96 Å². The number of guanidine groups is 1. The van der Waals surface area contributed by atoms with Gasteiger partial charge in [-0.15, -0.1) is 24.0 Å². The van der Waals surface area contributed by atoms with Gasteiger partial charge in [-0.3, -0.25) is 4.79 Å². The van der Waals surface area contributed by atoms with Crippen molar-refractivity contribution >= 4 is 47.6 Å². The van der Waals surface area contributed by atoms with Crippen LogP contribution < -0.4 is 21.3 Å². The lowest BCUT2D eigenvalue weighted by Gasteiger charge is -2.19. The number of benzene rings is 1. The van der Waals surface area contributed by atoms with Crippen molar-refractivity contribution in [2.75, 3.05) is 31.5 Å². The topological polar surface area (TPSA) is 104 Å². The van der Waals surface area contributed by atoms with Crippen LogP contribution in [-0.2, 0) is 16.0 Å². The number of amides is 2. The molecule has 1 aromatic carbocycles. The van der Waals surface area contributed by atoms with Gasteiger partial charge >= 0.3 is 6.09 Å². The van der Waals surface area contributed by atoms with Crippen molar-refractivity contribution in [3.63, 3.8) is 0 Å². The van der Waals surface area contributed by atoms with Crippen molar-refractivity contribution in [3.05, 3.63) is 29.8 Å². The standard InChI is InChI=1S/C20H33N5O3.HI/c1-6-15-9-8-10-16(13-15)25-17(26)14-24-18(21-7-2)22-11-12-23-19(27)28-20(3,4)5;/h8-10,13H,6-7,11-12,14H2,1-5H3,(H,23,27)(H,25,26)(H2,21,22,24);1H. The Bertz CT molecular complexity index is 674. The first-order valence-corrected chi connectivity index (χ1v) is 9.61. The van der Waals surface area contributed by atoms with Gasteiger partial charge < -0.3 is 26.0 Å². The number of rotatable bonds is 8. The average molecular weight is 519 g/mol. The number of nitrogens with zero attached hydrogens (tertiary/aromatic N) is 1. The van der Waals surface area contributed by atoms with E-state index in [2.05, 4.69) is 33.2 Å².